The third kappa shape index (κ3) is 2.51. The second-order valence-electron chi connectivity index (χ2n) is 5.15. The number of anilines is 1. The zero-order chi connectivity index (χ0) is 14.1. The van der Waals surface area contributed by atoms with Gasteiger partial charge in [0.05, 0.1) is 15.9 Å². The van der Waals surface area contributed by atoms with E-state index in [0.29, 0.717) is 27.9 Å². The Labute approximate surface area is 122 Å². The van der Waals surface area contributed by atoms with Crippen LogP contribution in [0.4, 0.5) is 5.95 Å². The molecule has 2 N–H and O–H groups in total. The number of benzene rings is 1. The third-order valence-electron chi connectivity index (χ3n) is 3.68. The van der Waals surface area contributed by atoms with Crippen molar-refractivity contribution in [3.63, 3.8) is 0 Å². The van der Waals surface area contributed by atoms with Gasteiger partial charge in [0.1, 0.15) is 0 Å². The molecule has 0 radical (unpaired) electrons. The molecule has 1 aromatic heterocycles. The molecule has 0 spiro atoms. The number of H-pyrrole nitrogens is 1. The molecule has 1 aromatic carbocycles. The van der Waals surface area contributed by atoms with Gasteiger partial charge in [-0.2, -0.15) is 0 Å². The minimum atomic E-state index is -0.180. The highest BCUT2D eigenvalue weighted by Crippen LogP contribution is 2.20. The highest BCUT2D eigenvalue weighted by Gasteiger charge is 2.16. The van der Waals surface area contributed by atoms with Gasteiger partial charge in [0.25, 0.3) is 5.56 Å². The summed E-state index contributed by atoms with van der Waals surface area (Å²) in [7, 11) is 0. The molecule has 0 amide bonds. The number of hydrogen-bond acceptors (Lipinski definition) is 4. The van der Waals surface area contributed by atoms with Gasteiger partial charge in [-0.05, 0) is 25.5 Å². The fourth-order valence-electron chi connectivity index (χ4n) is 2.51. The fraction of sp³-hybridized carbons (Fsp3) is 0.429. The van der Waals surface area contributed by atoms with Crippen molar-refractivity contribution in [3.05, 3.63) is 33.6 Å². The highest BCUT2D eigenvalue weighted by molar-refractivity contribution is 6.35. The molecule has 0 saturated carbocycles. The van der Waals surface area contributed by atoms with E-state index in [4.69, 9.17) is 11.6 Å². The molecular weight excluding hydrogens is 276 g/mol. The number of nitrogens with one attached hydrogen (secondary N) is 2. The molecule has 1 fully saturated rings. The predicted molar refractivity (Wildman–Crippen MR) is 81.7 cm³/mol. The minimum Gasteiger partial charge on any atom is -0.341 e. The Hall–Kier alpha value is -1.59. The van der Waals surface area contributed by atoms with Crippen molar-refractivity contribution in [2.24, 2.45) is 0 Å². The van der Waals surface area contributed by atoms with Crippen molar-refractivity contribution >= 4 is 28.5 Å². The maximum atomic E-state index is 12.2. The summed E-state index contributed by atoms with van der Waals surface area (Å²) in [6.45, 7) is 4.76. The Morgan fingerprint density at radius 2 is 2.25 bits per heavy atom. The number of rotatable bonds is 1. The normalized spacial score (nSPS) is 20.1. The first kappa shape index (κ1) is 13.4. The molecule has 2 aromatic rings. The van der Waals surface area contributed by atoms with Gasteiger partial charge in [-0.15, -0.1) is 0 Å². The number of fused-ring (bicyclic) bond motifs is 1. The molecule has 1 atom stereocenters. The van der Waals surface area contributed by atoms with E-state index >= 15 is 0 Å². The zero-order valence-corrected chi connectivity index (χ0v) is 12.1. The molecule has 2 heterocycles. The van der Waals surface area contributed by atoms with Crippen LogP contribution in [0.2, 0.25) is 5.02 Å². The molecule has 106 valence electrons. The second-order valence-corrected chi connectivity index (χ2v) is 5.56. The SMILES string of the molecule is CC1CCN(c2nc3cccc(Cl)c3c(=O)[nH]2)CCN1. The van der Waals surface area contributed by atoms with Crippen LogP contribution >= 0.6 is 11.6 Å². The van der Waals surface area contributed by atoms with Crippen LogP contribution in [0.25, 0.3) is 10.9 Å². The summed E-state index contributed by atoms with van der Waals surface area (Å²) in [6.07, 6.45) is 1.03. The number of hydrogen-bond donors (Lipinski definition) is 2. The Balaban J connectivity index is 2.02. The van der Waals surface area contributed by atoms with Crippen LogP contribution in [-0.4, -0.2) is 35.6 Å². The lowest BCUT2D eigenvalue weighted by molar-refractivity contribution is 0.566. The summed E-state index contributed by atoms with van der Waals surface area (Å²) in [5.74, 6) is 0.626. The molecule has 1 unspecified atom stereocenters. The van der Waals surface area contributed by atoms with Crippen molar-refractivity contribution < 1.29 is 0 Å². The Morgan fingerprint density at radius 3 is 3.10 bits per heavy atom. The highest BCUT2D eigenvalue weighted by atomic mass is 35.5. The summed E-state index contributed by atoms with van der Waals surface area (Å²) in [4.78, 5) is 21.7. The molecule has 1 aliphatic heterocycles. The van der Waals surface area contributed by atoms with Crippen LogP contribution in [0.15, 0.2) is 23.0 Å². The summed E-state index contributed by atoms with van der Waals surface area (Å²) in [5, 5.41) is 4.32. The summed E-state index contributed by atoms with van der Waals surface area (Å²) >= 11 is 6.06. The Morgan fingerprint density at radius 1 is 1.40 bits per heavy atom. The van der Waals surface area contributed by atoms with Gasteiger partial charge in [-0.25, -0.2) is 4.98 Å². The van der Waals surface area contributed by atoms with Crippen LogP contribution in [0.1, 0.15) is 13.3 Å². The van der Waals surface area contributed by atoms with E-state index < -0.39 is 0 Å². The first-order chi connectivity index (χ1) is 9.65. The summed E-state index contributed by atoms with van der Waals surface area (Å²) in [5.41, 5.74) is 0.461. The van der Waals surface area contributed by atoms with Crippen LogP contribution in [-0.2, 0) is 0 Å². The van der Waals surface area contributed by atoms with E-state index in [1.54, 1.807) is 6.07 Å². The minimum absolute atomic E-state index is 0.180. The van der Waals surface area contributed by atoms with Crippen molar-refractivity contribution in [3.8, 4) is 0 Å². The lowest BCUT2D eigenvalue weighted by atomic mass is 10.2. The van der Waals surface area contributed by atoms with Gasteiger partial charge in [0.15, 0.2) is 0 Å². The largest absolute Gasteiger partial charge is 0.341 e. The van der Waals surface area contributed by atoms with E-state index in [1.165, 1.54) is 0 Å². The smallest absolute Gasteiger partial charge is 0.261 e. The molecule has 1 saturated heterocycles. The van der Waals surface area contributed by atoms with Gasteiger partial charge >= 0.3 is 0 Å². The first-order valence-corrected chi connectivity index (χ1v) is 7.20. The standard InChI is InChI=1S/C14H17ClN4O/c1-9-5-7-19(8-6-16-9)14-17-11-4-2-3-10(15)12(11)13(20)18-14/h2-4,9,16H,5-8H2,1H3,(H,17,18,20). The monoisotopic (exact) mass is 292 g/mol. The first-order valence-electron chi connectivity index (χ1n) is 6.82. The Bertz CT molecular complexity index is 684. The van der Waals surface area contributed by atoms with Gasteiger partial charge < -0.3 is 10.2 Å². The third-order valence-corrected chi connectivity index (χ3v) is 3.99. The average molecular weight is 293 g/mol. The fourth-order valence-corrected chi connectivity index (χ4v) is 2.76. The molecule has 3 rings (SSSR count). The molecular formula is C14H17ClN4O. The molecule has 0 aliphatic carbocycles. The van der Waals surface area contributed by atoms with E-state index in [1.807, 2.05) is 12.1 Å². The maximum absolute atomic E-state index is 12.2. The number of halogens is 1. The van der Waals surface area contributed by atoms with Gasteiger partial charge in [0.2, 0.25) is 5.95 Å². The van der Waals surface area contributed by atoms with E-state index in [2.05, 4.69) is 27.1 Å². The van der Waals surface area contributed by atoms with Crippen LogP contribution in [0, 0.1) is 0 Å². The van der Waals surface area contributed by atoms with E-state index in [-0.39, 0.29) is 5.56 Å². The summed E-state index contributed by atoms with van der Waals surface area (Å²) < 4.78 is 0. The summed E-state index contributed by atoms with van der Waals surface area (Å²) in [6, 6.07) is 5.82. The van der Waals surface area contributed by atoms with Crippen LogP contribution < -0.4 is 15.8 Å². The van der Waals surface area contributed by atoms with Crippen LogP contribution in [0.3, 0.4) is 0 Å². The number of nitrogens with zero attached hydrogens (tertiary/aromatic N) is 2. The number of aromatic nitrogens is 2. The van der Waals surface area contributed by atoms with Gasteiger partial charge in [-0.1, -0.05) is 17.7 Å². The number of aromatic amines is 1. The maximum Gasteiger partial charge on any atom is 0.261 e. The zero-order valence-electron chi connectivity index (χ0n) is 11.3. The molecule has 6 heteroatoms. The van der Waals surface area contributed by atoms with Gasteiger partial charge in [-0.3, -0.25) is 9.78 Å². The van der Waals surface area contributed by atoms with Gasteiger partial charge in [0, 0.05) is 25.7 Å². The Kier molecular flexibility index (Phi) is 3.63. The van der Waals surface area contributed by atoms with E-state index in [9.17, 15) is 4.79 Å². The van der Waals surface area contributed by atoms with Crippen molar-refractivity contribution in [1.82, 2.24) is 15.3 Å². The molecule has 5 nitrogen and oxygen atoms in total. The van der Waals surface area contributed by atoms with E-state index in [0.717, 1.165) is 26.1 Å². The van der Waals surface area contributed by atoms with Crippen LogP contribution in [0.5, 0.6) is 0 Å². The topological polar surface area (TPSA) is 61.0 Å². The van der Waals surface area contributed by atoms with Crippen molar-refractivity contribution in [2.75, 3.05) is 24.5 Å². The van der Waals surface area contributed by atoms with Crippen molar-refractivity contribution in [2.45, 2.75) is 19.4 Å². The predicted octanol–water partition coefficient (Wildman–Crippen LogP) is 1.76. The molecule has 0 bridgehead atoms. The average Bonchev–Trinajstić information content (AvgIpc) is 2.63. The quantitative estimate of drug-likeness (QED) is 0.841. The molecule has 20 heavy (non-hydrogen) atoms. The second kappa shape index (κ2) is 5.42. The lowest BCUT2D eigenvalue weighted by Crippen LogP contribution is -2.31. The van der Waals surface area contributed by atoms with Crippen molar-refractivity contribution in [1.29, 1.82) is 0 Å². The lowest BCUT2D eigenvalue weighted by Gasteiger charge is -2.20. The molecule has 1 aliphatic rings.